The van der Waals surface area contributed by atoms with Crippen molar-refractivity contribution in [2.45, 2.75) is 25.0 Å². The summed E-state index contributed by atoms with van der Waals surface area (Å²) in [5.74, 6) is 0.739. The van der Waals surface area contributed by atoms with Gasteiger partial charge in [-0.25, -0.2) is 12.7 Å². The highest BCUT2D eigenvalue weighted by molar-refractivity contribution is 7.88. The summed E-state index contributed by atoms with van der Waals surface area (Å²) in [5, 5.41) is 2.80. The van der Waals surface area contributed by atoms with Crippen LogP contribution in [-0.2, 0) is 15.8 Å². The Balaban J connectivity index is 1.69. The van der Waals surface area contributed by atoms with Crippen LogP contribution in [0.2, 0.25) is 0 Å². The molecule has 1 N–H and O–H groups in total. The van der Waals surface area contributed by atoms with Crippen LogP contribution in [0, 0.1) is 0 Å². The summed E-state index contributed by atoms with van der Waals surface area (Å²) in [6.07, 6.45) is 2.89. The number of ether oxygens (including phenoxy) is 2. The van der Waals surface area contributed by atoms with Gasteiger partial charge in [0.25, 0.3) is 5.91 Å². The van der Waals surface area contributed by atoms with Crippen molar-refractivity contribution in [3.8, 4) is 11.5 Å². The second kappa shape index (κ2) is 9.28. The molecule has 3 rings (SSSR count). The van der Waals surface area contributed by atoms with Gasteiger partial charge in [0.2, 0.25) is 10.0 Å². The molecule has 1 amide bonds. The highest BCUT2D eigenvalue weighted by atomic mass is 32.2. The molecular formula is C21H26N2O5S. The minimum absolute atomic E-state index is 0.0569. The number of anilines is 1. The number of sulfonamides is 1. The summed E-state index contributed by atoms with van der Waals surface area (Å²) in [5.41, 5.74) is 1.58. The van der Waals surface area contributed by atoms with Crippen LogP contribution < -0.4 is 14.8 Å². The standard InChI is InChI=1S/C21H26N2O5S/c1-27-18-10-11-20(28-2)19(14-18)22-21(24)17-8-6-16(7-9-17)15-29(25,26)23-12-4-3-5-13-23/h6-11,14H,3-5,12-13,15H2,1-2H3,(H,22,24). The van der Waals surface area contributed by atoms with Gasteiger partial charge in [-0.1, -0.05) is 18.6 Å². The summed E-state index contributed by atoms with van der Waals surface area (Å²) in [7, 11) is -0.264. The Morgan fingerprint density at radius 2 is 1.69 bits per heavy atom. The van der Waals surface area contributed by atoms with Crippen LogP contribution in [0.25, 0.3) is 0 Å². The van der Waals surface area contributed by atoms with Crippen LogP contribution in [0.15, 0.2) is 42.5 Å². The van der Waals surface area contributed by atoms with Crippen LogP contribution in [0.1, 0.15) is 35.2 Å². The first-order valence-electron chi connectivity index (χ1n) is 9.53. The van der Waals surface area contributed by atoms with Crippen molar-refractivity contribution < 1.29 is 22.7 Å². The van der Waals surface area contributed by atoms with Gasteiger partial charge in [0, 0.05) is 24.7 Å². The van der Waals surface area contributed by atoms with E-state index in [0.717, 1.165) is 19.3 Å². The molecule has 156 valence electrons. The lowest BCUT2D eigenvalue weighted by atomic mass is 10.1. The molecule has 0 spiro atoms. The molecule has 0 atom stereocenters. The molecule has 0 saturated carbocycles. The zero-order valence-corrected chi connectivity index (χ0v) is 17.5. The van der Waals surface area contributed by atoms with E-state index in [4.69, 9.17) is 9.47 Å². The van der Waals surface area contributed by atoms with Crippen LogP contribution in [0.3, 0.4) is 0 Å². The summed E-state index contributed by atoms with van der Waals surface area (Å²) in [6.45, 7) is 1.18. The number of nitrogens with zero attached hydrogens (tertiary/aromatic N) is 1. The Kier molecular flexibility index (Phi) is 6.76. The Labute approximate surface area is 171 Å². The second-order valence-corrected chi connectivity index (χ2v) is 8.90. The average molecular weight is 419 g/mol. The minimum Gasteiger partial charge on any atom is -0.497 e. The van der Waals surface area contributed by atoms with E-state index in [-0.39, 0.29) is 11.7 Å². The van der Waals surface area contributed by atoms with Crippen molar-refractivity contribution in [1.29, 1.82) is 0 Å². The van der Waals surface area contributed by atoms with Gasteiger partial charge in [-0.2, -0.15) is 0 Å². The molecule has 29 heavy (non-hydrogen) atoms. The highest BCUT2D eigenvalue weighted by Gasteiger charge is 2.24. The number of methoxy groups -OCH3 is 2. The van der Waals surface area contributed by atoms with E-state index in [9.17, 15) is 13.2 Å². The number of benzene rings is 2. The van der Waals surface area contributed by atoms with E-state index in [1.54, 1.807) is 53.9 Å². The van der Waals surface area contributed by atoms with Gasteiger partial charge in [0.05, 0.1) is 25.7 Å². The van der Waals surface area contributed by atoms with Gasteiger partial charge < -0.3 is 14.8 Å². The van der Waals surface area contributed by atoms with Crippen molar-refractivity contribution in [2.75, 3.05) is 32.6 Å². The molecule has 1 aliphatic heterocycles. The molecule has 2 aromatic rings. The fourth-order valence-corrected chi connectivity index (χ4v) is 4.91. The summed E-state index contributed by atoms with van der Waals surface area (Å²) < 4.78 is 37.2. The smallest absolute Gasteiger partial charge is 0.255 e. The molecule has 1 fully saturated rings. The monoisotopic (exact) mass is 418 g/mol. The molecule has 1 saturated heterocycles. The van der Waals surface area contributed by atoms with Gasteiger partial charge in [0.1, 0.15) is 11.5 Å². The van der Waals surface area contributed by atoms with Crippen LogP contribution >= 0.6 is 0 Å². The lowest BCUT2D eigenvalue weighted by molar-refractivity contribution is 0.102. The van der Waals surface area contributed by atoms with Gasteiger partial charge >= 0.3 is 0 Å². The second-order valence-electron chi connectivity index (χ2n) is 6.93. The minimum atomic E-state index is -3.33. The number of carbonyl (C=O) groups is 1. The fraction of sp³-hybridized carbons (Fsp3) is 0.381. The topological polar surface area (TPSA) is 84.9 Å². The number of nitrogens with one attached hydrogen (secondary N) is 1. The van der Waals surface area contributed by atoms with E-state index in [0.29, 0.717) is 41.4 Å². The van der Waals surface area contributed by atoms with E-state index >= 15 is 0 Å². The maximum atomic E-state index is 12.6. The Morgan fingerprint density at radius 1 is 1.00 bits per heavy atom. The van der Waals surface area contributed by atoms with Crippen LogP contribution in [-0.4, -0.2) is 45.9 Å². The first-order valence-corrected chi connectivity index (χ1v) is 11.1. The normalized spacial score (nSPS) is 15.0. The summed E-state index contributed by atoms with van der Waals surface area (Å²) in [6, 6.07) is 11.7. The zero-order valence-electron chi connectivity index (χ0n) is 16.7. The molecule has 8 heteroatoms. The predicted molar refractivity (Wildman–Crippen MR) is 112 cm³/mol. The Bertz CT molecular complexity index is 952. The van der Waals surface area contributed by atoms with Crippen molar-refractivity contribution >= 4 is 21.6 Å². The molecule has 7 nitrogen and oxygen atoms in total. The maximum absolute atomic E-state index is 12.6. The molecule has 0 aromatic heterocycles. The number of carbonyl (C=O) groups excluding carboxylic acids is 1. The van der Waals surface area contributed by atoms with Crippen molar-refractivity contribution in [2.24, 2.45) is 0 Å². The SMILES string of the molecule is COc1ccc(OC)c(NC(=O)c2ccc(CS(=O)(=O)N3CCCCC3)cc2)c1. The molecule has 2 aromatic carbocycles. The number of rotatable bonds is 7. The van der Waals surface area contributed by atoms with Gasteiger partial charge in [-0.3, -0.25) is 4.79 Å². The highest BCUT2D eigenvalue weighted by Crippen LogP contribution is 2.29. The first kappa shape index (κ1) is 21.1. The molecule has 0 aliphatic carbocycles. The van der Waals surface area contributed by atoms with Crippen molar-refractivity contribution in [3.05, 3.63) is 53.6 Å². The number of amides is 1. The molecule has 0 unspecified atom stereocenters. The Hall–Kier alpha value is -2.58. The van der Waals surface area contributed by atoms with Crippen LogP contribution in [0.5, 0.6) is 11.5 Å². The van der Waals surface area contributed by atoms with E-state index in [2.05, 4.69) is 5.32 Å². The predicted octanol–water partition coefficient (Wildman–Crippen LogP) is 3.27. The van der Waals surface area contributed by atoms with Crippen LogP contribution in [0.4, 0.5) is 5.69 Å². The third-order valence-electron chi connectivity index (χ3n) is 4.93. The molecular weight excluding hydrogens is 392 g/mol. The largest absolute Gasteiger partial charge is 0.497 e. The third kappa shape index (κ3) is 5.27. The van der Waals surface area contributed by atoms with Gasteiger partial charge in [0.15, 0.2) is 0 Å². The lowest BCUT2D eigenvalue weighted by Crippen LogP contribution is -2.36. The number of hydrogen-bond acceptors (Lipinski definition) is 5. The third-order valence-corrected chi connectivity index (χ3v) is 6.78. The number of piperidine rings is 1. The maximum Gasteiger partial charge on any atom is 0.255 e. The molecule has 0 bridgehead atoms. The van der Waals surface area contributed by atoms with Crippen molar-refractivity contribution in [1.82, 2.24) is 4.31 Å². The lowest BCUT2D eigenvalue weighted by Gasteiger charge is -2.25. The van der Waals surface area contributed by atoms with E-state index in [1.165, 1.54) is 7.11 Å². The Morgan fingerprint density at radius 3 is 2.31 bits per heavy atom. The quantitative estimate of drug-likeness (QED) is 0.746. The van der Waals surface area contributed by atoms with E-state index < -0.39 is 10.0 Å². The average Bonchev–Trinajstić information content (AvgIpc) is 2.74. The van der Waals surface area contributed by atoms with Gasteiger partial charge in [-0.05, 0) is 42.7 Å². The zero-order chi connectivity index (χ0) is 20.9. The molecule has 1 aliphatic rings. The van der Waals surface area contributed by atoms with Crippen molar-refractivity contribution in [3.63, 3.8) is 0 Å². The van der Waals surface area contributed by atoms with E-state index in [1.807, 2.05) is 0 Å². The first-order chi connectivity index (χ1) is 13.9. The fourth-order valence-electron chi connectivity index (χ4n) is 3.30. The molecule has 0 radical (unpaired) electrons. The number of hydrogen-bond donors (Lipinski definition) is 1. The van der Waals surface area contributed by atoms with Gasteiger partial charge in [-0.15, -0.1) is 0 Å². The summed E-state index contributed by atoms with van der Waals surface area (Å²) >= 11 is 0. The summed E-state index contributed by atoms with van der Waals surface area (Å²) in [4.78, 5) is 12.6. The molecule has 1 heterocycles.